The van der Waals surface area contributed by atoms with Crippen LogP contribution in [-0.4, -0.2) is 0 Å². The molecule has 0 nitrogen and oxygen atoms in total. The maximum absolute atomic E-state index is 2.36. The summed E-state index contributed by atoms with van der Waals surface area (Å²) in [5.41, 5.74) is 23.7. The topological polar surface area (TPSA) is 0 Å². The van der Waals surface area contributed by atoms with E-state index < -0.39 is 0 Å². The first kappa shape index (κ1) is 38.6. The zero-order valence-electron chi connectivity index (χ0n) is 34.7. The van der Waals surface area contributed by atoms with Gasteiger partial charge in [-0.1, -0.05) is 201 Å². The minimum atomic E-state index is 1.06. The standard InChI is InChI=1S/2C24H16.4C2H6/c1-4-8-19-15(5-1)9-10-17-14-23-21(24(17)19)12-11-20-18-7-3-2-6-16(18)13-22(20)23;1-3-7-19-15(5-1)9-10-18-14-22-21(23(18)19)12-11-17-13-16-6-2-4-8-20(16)24(17)22;4*1-2/h2*1-12H,13-14H2;4*1-2H3. The van der Waals surface area contributed by atoms with Gasteiger partial charge in [0.25, 0.3) is 0 Å². The van der Waals surface area contributed by atoms with E-state index in [4.69, 9.17) is 0 Å². The van der Waals surface area contributed by atoms with Crippen LogP contribution in [0.2, 0.25) is 0 Å². The molecule has 0 heteroatoms. The molecule has 280 valence electrons. The molecule has 0 fully saturated rings. The summed E-state index contributed by atoms with van der Waals surface area (Å²) in [4.78, 5) is 0. The monoisotopic (exact) mass is 728 g/mol. The van der Waals surface area contributed by atoms with Crippen molar-refractivity contribution in [3.8, 4) is 44.5 Å². The molecule has 0 aromatic heterocycles. The lowest BCUT2D eigenvalue weighted by Crippen LogP contribution is -1.90. The van der Waals surface area contributed by atoms with E-state index in [9.17, 15) is 0 Å². The second-order valence-corrected chi connectivity index (χ2v) is 13.9. The smallest absolute Gasteiger partial charge is 0.000695 e. The molecule has 0 heterocycles. The van der Waals surface area contributed by atoms with E-state index in [1.165, 1.54) is 99.4 Å². The van der Waals surface area contributed by atoms with Crippen LogP contribution in [0.3, 0.4) is 0 Å². The first-order valence-corrected chi connectivity index (χ1v) is 21.3. The van der Waals surface area contributed by atoms with Crippen LogP contribution in [0.1, 0.15) is 99.9 Å². The molecule has 0 saturated heterocycles. The van der Waals surface area contributed by atoms with Gasteiger partial charge in [0, 0.05) is 0 Å². The first-order valence-electron chi connectivity index (χ1n) is 21.3. The van der Waals surface area contributed by atoms with Crippen molar-refractivity contribution in [2.45, 2.75) is 81.1 Å². The number of hydrogen-bond donors (Lipinski definition) is 0. The second-order valence-electron chi connectivity index (χ2n) is 13.9. The van der Waals surface area contributed by atoms with Crippen LogP contribution in [0.4, 0.5) is 0 Å². The van der Waals surface area contributed by atoms with E-state index >= 15 is 0 Å². The molecule has 8 aromatic rings. The minimum absolute atomic E-state index is 1.06. The highest BCUT2D eigenvalue weighted by atomic mass is 14.3. The van der Waals surface area contributed by atoms with Crippen molar-refractivity contribution in [2.75, 3.05) is 0 Å². The van der Waals surface area contributed by atoms with Gasteiger partial charge >= 0.3 is 0 Å². The lowest BCUT2D eigenvalue weighted by Gasteiger charge is -2.10. The Kier molecular flexibility index (Phi) is 11.7. The Morgan fingerprint density at radius 2 is 0.643 bits per heavy atom. The fourth-order valence-electron chi connectivity index (χ4n) is 9.38. The van der Waals surface area contributed by atoms with E-state index in [-0.39, 0.29) is 0 Å². The molecule has 0 atom stereocenters. The molecule has 0 N–H and O–H groups in total. The van der Waals surface area contributed by atoms with Gasteiger partial charge in [0.15, 0.2) is 0 Å². The van der Waals surface area contributed by atoms with E-state index in [0.717, 1.165) is 25.7 Å². The Hall–Kier alpha value is -5.72. The van der Waals surface area contributed by atoms with E-state index in [1.807, 2.05) is 55.4 Å². The summed E-state index contributed by atoms with van der Waals surface area (Å²) in [6.07, 6.45) is 4.30. The molecule has 0 aliphatic heterocycles. The summed E-state index contributed by atoms with van der Waals surface area (Å²) in [6, 6.07) is 53.9. The van der Waals surface area contributed by atoms with Gasteiger partial charge in [0.2, 0.25) is 0 Å². The maximum atomic E-state index is 2.36. The van der Waals surface area contributed by atoms with E-state index in [1.54, 1.807) is 11.1 Å². The third-order valence-electron chi connectivity index (χ3n) is 11.5. The molecule has 0 bridgehead atoms. The lowest BCUT2D eigenvalue weighted by atomic mass is 9.94. The van der Waals surface area contributed by atoms with Crippen LogP contribution in [0, 0.1) is 0 Å². The highest BCUT2D eigenvalue weighted by molar-refractivity contribution is 6.04. The van der Waals surface area contributed by atoms with E-state index in [0.29, 0.717) is 0 Å². The van der Waals surface area contributed by atoms with Crippen LogP contribution in [-0.2, 0) is 25.7 Å². The predicted octanol–water partition coefficient (Wildman–Crippen LogP) is 16.1. The maximum Gasteiger partial charge on any atom is -0.000695 e. The van der Waals surface area contributed by atoms with Crippen molar-refractivity contribution in [2.24, 2.45) is 0 Å². The average molecular weight is 729 g/mol. The summed E-state index contributed by atoms with van der Waals surface area (Å²) >= 11 is 0. The van der Waals surface area contributed by atoms with Gasteiger partial charge in [-0.3, -0.25) is 0 Å². The van der Waals surface area contributed by atoms with Crippen LogP contribution >= 0.6 is 0 Å². The average Bonchev–Trinajstić information content (AvgIpc) is 4.06. The Morgan fingerprint density at radius 3 is 1.27 bits per heavy atom. The molecule has 4 aliphatic rings. The summed E-state index contributed by atoms with van der Waals surface area (Å²) < 4.78 is 0. The molecule has 0 saturated carbocycles. The second kappa shape index (κ2) is 17.0. The van der Waals surface area contributed by atoms with Gasteiger partial charge in [-0.05, 0) is 136 Å². The quantitative estimate of drug-likeness (QED) is 0.146. The Labute approximate surface area is 335 Å². The number of benzene rings is 8. The van der Waals surface area contributed by atoms with Crippen LogP contribution < -0.4 is 0 Å². The summed E-state index contributed by atoms with van der Waals surface area (Å²) in [5, 5.41) is 5.46. The van der Waals surface area contributed by atoms with Gasteiger partial charge in [-0.15, -0.1) is 0 Å². The highest BCUT2D eigenvalue weighted by Gasteiger charge is 2.30. The Bertz CT molecular complexity index is 2670. The van der Waals surface area contributed by atoms with Gasteiger partial charge in [0.05, 0.1) is 0 Å². The van der Waals surface area contributed by atoms with Crippen molar-refractivity contribution in [3.63, 3.8) is 0 Å². The van der Waals surface area contributed by atoms with Crippen molar-refractivity contribution in [3.05, 3.63) is 190 Å². The molecule has 12 rings (SSSR count). The highest BCUT2D eigenvalue weighted by Crippen LogP contribution is 2.50. The van der Waals surface area contributed by atoms with Gasteiger partial charge < -0.3 is 0 Å². The fraction of sp³-hybridized carbons (Fsp3) is 0.214. The third kappa shape index (κ3) is 6.36. The van der Waals surface area contributed by atoms with Crippen molar-refractivity contribution in [1.82, 2.24) is 0 Å². The molecule has 8 aromatic carbocycles. The molecule has 0 spiro atoms. The molecular weight excluding hydrogens is 673 g/mol. The molecule has 0 radical (unpaired) electrons. The summed E-state index contributed by atoms with van der Waals surface area (Å²) in [7, 11) is 0. The summed E-state index contributed by atoms with van der Waals surface area (Å²) in [6.45, 7) is 16.0. The van der Waals surface area contributed by atoms with Gasteiger partial charge in [0.1, 0.15) is 0 Å². The van der Waals surface area contributed by atoms with Crippen molar-refractivity contribution in [1.29, 1.82) is 0 Å². The van der Waals surface area contributed by atoms with Crippen molar-refractivity contribution < 1.29 is 0 Å². The van der Waals surface area contributed by atoms with Gasteiger partial charge in [-0.25, -0.2) is 0 Å². The zero-order valence-corrected chi connectivity index (χ0v) is 34.7. The van der Waals surface area contributed by atoms with Crippen LogP contribution in [0.15, 0.2) is 146 Å². The summed E-state index contributed by atoms with van der Waals surface area (Å²) in [5.74, 6) is 0. The molecule has 0 unspecified atom stereocenters. The van der Waals surface area contributed by atoms with Crippen LogP contribution in [0.25, 0.3) is 66.1 Å². The first-order chi connectivity index (χ1) is 27.8. The largest absolute Gasteiger partial charge is 0.0683 e. The zero-order chi connectivity index (χ0) is 39.3. The number of hydrogen-bond acceptors (Lipinski definition) is 0. The fourth-order valence-corrected chi connectivity index (χ4v) is 9.38. The molecule has 0 amide bonds. The normalized spacial score (nSPS) is 12.0. The van der Waals surface area contributed by atoms with Crippen molar-refractivity contribution >= 4 is 21.5 Å². The lowest BCUT2D eigenvalue weighted by molar-refractivity contribution is 1.16. The number of rotatable bonds is 0. The van der Waals surface area contributed by atoms with Gasteiger partial charge in [-0.2, -0.15) is 0 Å². The molecule has 4 aliphatic carbocycles. The Balaban J connectivity index is 0.000000146. The number of fused-ring (bicyclic) bond motifs is 18. The molecule has 56 heavy (non-hydrogen) atoms. The van der Waals surface area contributed by atoms with E-state index in [2.05, 4.69) is 146 Å². The van der Waals surface area contributed by atoms with Crippen LogP contribution in [0.5, 0.6) is 0 Å². The Morgan fingerprint density at radius 1 is 0.250 bits per heavy atom. The third-order valence-corrected chi connectivity index (χ3v) is 11.5. The molecular formula is C56H56. The minimum Gasteiger partial charge on any atom is -0.0683 e. The SMILES string of the molecule is CC.CC.CC.CC.c1ccc2c(c1)Cc1c-2ccc2c1Cc1ccc3ccccc3c1-2.c1ccc2c(c1)Cc1ccc3c(c1-2)Cc1ccc2ccccc2c1-3. The predicted molar refractivity (Wildman–Crippen MR) is 246 cm³/mol.